The van der Waals surface area contributed by atoms with Crippen molar-refractivity contribution >= 4 is 23.2 Å². The van der Waals surface area contributed by atoms with Gasteiger partial charge in [0.1, 0.15) is 5.75 Å². The zero-order valence-corrected chi connectivity index (χ0v) is 17.2. The summed E-state index contributed by atoms with van der Waals surface area (Å²) in [6, 6.07) is 25.1. The Bertz CT molecular complexity index is 1310. The summed E-state index contributed by atoms with van der Waals surface area (Å²) in [4.78, 5) is 27.7. The number of benzene rings is 3. The highest BCUT2D eigenvalue weighted by atomic mass is 16.3. The first-order valence-electron chi connectivity index (χ1n) is 10.3. The third kappa shape index (κ3) is 3.63. The molecule has 1 aromatic heterocycles. The van der Waals surface area contributed by atoms with Gasteiger partial charge in [0.05, 0.1) is 12.1 Å². The summed E-state index contributed by atoms with van der Waals surface area (Å²) >= 11 is 0. The van der Waals surface area contributed by atoms with E-state index in [1.165, 1.54) is 6.07 Å². The topological polar surface area (TPSA) is 74.6 Å². The molecule has 2 heterocycles. The number of carbonyl (C=O) groups is 2. The van der Waals surface area contributed by atoms with E-state index in [0.717, 1.165) is 23.5 Å². The van der Waals surface area contributed by atoms with Crippen LogP contribution in [0.1, 0.15) is 32.0 Å². The number of hydrogen-bond acceptors (Lipinski definition) is 3. The molecule has 3 aromatic carbocycles. The average molecular weight is 423 g/mol. The van der Waals surface area contributed by atoms with Crippen LogP contribution in [-0.4, -0.2) is 21.5 Å². The second-order valence-corrected chi connectivity index (χ2v) is 7.70. The minimum absolute atomic E-state index is 0.0821. The number of hydrogen-bond donors (Lipinski definition) is 2. The third-order valence-corrected chi connectivity index (χ3v) is 5.65. The van der Waals surface area contributed by atoms with Crippen LogP contribution in [0.5, 0.6) is 5.75 Å². The van der Waals surface area contributed by atoms with Crippen LogP contribution >= 0.6 is 0 Å². The largest absolute Gasteiger partial charge is 0.507 e. The molecule has 6 nitrogen and oxygen atoms in total. The van der Waals surface area contributed by atoms with Crippen LogP contribution in [0.2, 0.25) is 0 Å². The van der Waals surface area contributed by atoms with Gasteiger partial charge in [-0.1, -0.05) is 30.3 Å². The van der Waals surface area contributed by atoms with Gasteiger partial charge in [0.2, 0.25) is 0 Å². The van der Waals surface area contributed by atoms with Crippen molar-refractivity contribution in [3.05, 3.63) is 114 Å². The molecule has 6 heteroatoms. The van der Waals surface area contributed by atoms with E-state index >= 15 is 0 Å². The van der Waals surface area contributed by atoms with Crippen molar-refractivity contribution in [2.24, 2.45) is 0 Å². The van der Waals surface area contributed by atoms with Crippen molar-refractivity contribution in [2.75, 3.05) is 10.2 Å². The monoisotopic (exact) mass is 423 g/mol. The number of amides is 2. The molecule has 32 heavy (non-hydrogen) atoms. The molecule has 0 fully saturated rings. The van der Waals surface area contributed by atoms with E-state index in [1.807, 2.05) is 42.6 Å². The maximum Gasteiger partial charge on any atom is 0.259 e. The highest BCUT2D eigenvalue weighted by molar-refractivity contribution is 6.08. The number of para-hydroxylation sites is 2. The summed E-state index contributed by atoms with van der Waals surface area (Å²) in [6.07, 6.45) is 2.03. The van der Waals surface area contributed by atoms with Gasteiger partial charge in [-0.05, 0) is 60.2 Å². The number of phenols is 1. The summed E-state index contributed by atoms with van der Waals surface area (Å²) < 4.78 is 2.16. The lowest BCUT2D eigenvalue weighted by atomic mass is 10.1. The highest BCUT2D eigenvalue weighted by Crippen LogP contribution is 2.29. The quantitative estimate of drug-likeness (QED) is 0.504. The number of carbonyl (C=O) groups excluding carboxylic acids is 2. The molecule has 0 atom stereocenters. The molecular weight excluding hydrogens is 402 g/mol. The molecule has 0 unspecified atom stereocenters. The molecular formula is C26H21N3O3. The zero-order chi connectivity index (χ0) is 22.1. The molecule has 0 aliphatic carbocycles. The lowest BCUT2D eigenvalue weighted by Gasteiger charge is -2.23. The first-order valence-corrected chi connectivity index (χ1v) is 10.3. The molecule has 1 aliphatic heterocycles. The Labute approximate surface area is 185 Å². The van der Waals surface area contributed by atoms with Crippen LogP contribution in [0.15, 0.2) is 91.1 Å². The van der Waals surface area contributed by atoms with Crippen molar-refractivity contribution in [3.8, 4) is 5.75 Å². The fourth-order valence-corrected chi connectivity index (χ4v) is 3.98. The lowest BCUT2D eigenvalue weighted by Crippen LogP contribution is -2.30. The molecule has 2 amide bonds. The molecule has 0 radical (unpaired) electrons. The minimum Gasteiger partial charge on any atom is -0.507 e. The predicted octanol–water partition coefficient (Wildman–Crippen LogP) is 4.65. The number of nitrogens with zero attached hydrogens (tertiary/aromatic N) is 2. The Morgan fingerprint density at radius 1 is 0.812 bits per heavy atom. The highest BCUT2D eigenvalue weighted by Gasteiger charge is 2.24. The number of aromatic hydroxyl groups is 1. The number of fused-ring (bicyclic) bond motifs is 2. The third-order valence-electron chi connectivity index (χ3n) is 5.65. The molecule has 4 aromatic rings. The molecule has 0 saturated carbocycles. The minimum atomic E-state index is -0.413. The van der Waals surface area contributed by atoms with Gasteiger partial charge in [0.25, 0.3) is 11.8 Å². The first kappa shape index (κ1) is 19.6. The predicted molar refractivity (Wildman–Crippen MR) is 123 cm³/mol. The SMILES string of the molecule is O=C(Nc1ccc(C(=O)N2Cc3cccn3Cc3ccccc32)cc1)c1ccccc1O. The van der Waals surface area contributed by atoms with Crippen LogP contribution in [0.25, 0.3) is 0 Å². The maximum atomic E-state index is 13.4. The Balaban J connectivity index is 1.39. The number of rotatable bonds is 3. The van der Waals surface area contributed by atoms with Crippen molar-refractivity contribution in [1.29, 1.82) is 0 Å². The van der Waals surface area contributed by atoms with Crippen LogP contribution in [0, 0.1) is 0 Å². The van der Waals surface area contributed by atoms with Gasteiger partial charge in [0, 0.05) is 35.4 Å². The van der Waals surface area contributed by atoms with E-state index in [4.69, 9.17) is 0 Å². The number of anilines is 2. The molecule has 1 aliphatic rings. The zero-order valence-electron chi connectivity index (χ0n) is 17.2. The van der Waals surface area contributed by atoms with Crippen LogP contribution in [0.4, 0.5) is 11.4 Å². The summed E-state index contributed by atoms with van der Waals surface area (Å²) in [6.45, 7) is 1.20. The van der Waals surface area contributed by atoms with Crippen molar-refractivity contribution in [3.63, 3.8) is 0 Å². The normalized spacial score (nSPS) is 12.4. The molecule has 0 saturated heterocycles. The van der Waals surface area contributed by atoms with Crippen LogP contribution < -0.4 is 10.2 Å². The van der Waals surface area contributed by atoms with Gasteiger partial charge >= 0.3 is 0 Å². The van der Waals surface area contributed by atoms with Gasteiger partial charge in [-0.15, -0.1) is 0 Å². The Hall–Kier alpha value is -4.32. The number of nitrogens with one attached hydrogen (secondary N) is 1. The first-order chi connectivity index (χ1) is 15.6. The smallest absolute Gasteiger partial charge is 0.259 e. The lowest BCUT2D eigenvalue weighted by molar-refractivity contribution is 0.0983. The van der Waals surface area contributed by atoms with Crippen molar-refractivity contribution < 1.29 is 14.7 Å². The van der Waals surface area contributed by atoms with Crippen molar-refractivity contribution in [2.45, 2.75) is 13.1 Å². The summed E-state index contributed by atoms with van der Waals surface area (Å²) in [5.41, 5.74) is 4.32. The van der Waals surface area contributed by atoms with Crippen LogP contribution in [0.3, 0.4) is 0 Å². The number of aromatic nitrogens is 1. The van der Waals surface area contributed by atoms with Gasteiger partial charge in [-0.2, -0.15) is 0 Å². The van der Waals surface area contributed by atoms with E-state index in [0.29, 0.717) is 17.8 Å². The second-order valence-electron chi connectivity index (χ2n) is 7.70. The van der Waals surface area contributed by atoms with E-state index in [1.54, 1.807) is 47.4 Å². The fraction of sp³-hybridized carbons (Fsp3) is 0.0769. The Kier molecular flexibility index (Phi) is 4.95. The van der Waals surface area contributed by atoms with Gasteiger partial charge < -0.3 is 19.9 Å². The van der Waals surface area contributed by atoms with Gasteiger partial charge in [-0.3, -0.25) is 9.59 Å². The van der Waals surface area contributed by atoms with E-state index in [2.05, 4.69) is 9.88 Å². The van der Waals surface area contributed by atoms with Gasteiger partial charge in [0.15, 0.2) is 0 Å². The van der Waals surface area contributed by atoms with Gasteiger partial charge in [-0.25, -0.2) is 0 Å². The molecule has 2 N–H and O–H groups in total. The van der Waals surface area contributed by atoms with E-state index in [-0.39, 0.29) is 17.2 Å². The molecule has 5 rings (SSSR count). The number of phenolic OH excluding ortho intramolecular Hbond substituents is 1. The average Bonchev–Trinajstić information content (AvgIpc) is 3.18. The summed E-state index contributed by atoms with van der Waals surface area (Å²) in [7, 11) is 0. The summed E-state index contributed by atoms with van der Waals surface area (Å²) in [5.74, 6) is -0.601. The standard InChI is InChI=1S/C26H21N3O3/c30-24-10-4-2-8-22(24)25(31)27-20-13-11-18(12-14-20)26(32)29-17-21-7-5-15-28(21)16-19-6-1-3-9-23(19)29/h1-15,30H,16-17H2,(H,27,31). The molecule has 0 spiro atoms. The van der Waals surface area contributed by atoms with Crippen LogP contribution in [-0.2, 0) is 13.1 Å². The van der Waals surface area contributed by atoms with E-state index < -0.39 is 5.91 Å². The second kappa shape index (κ2) is 8.07. The molecule has 0 bridgehead atoms. The Morgan fingerprint density at radius 2 is 1.56 bits per heavy atom. The molecule has 158 valence electrons. The Morgan fingerprint density at radius 3 is 2.38 bits per heavy atom. The maximum absolute atomic E-state index is 13.4. The van der Waals surface area contributed by atoms with Crippen molar-refractivity contribution in [1.82, 2.24) is 4.57 Å². The summed E-state index contributed by atoms with van der Waals surface area (Å²) in [5, 5.41) is 12.6. The fourth-order valence-electron chi connectivity index (χ4n) is 3.98. The van der Waals surface area contributed by atoms with E-state index in [9.17, 15) is 14.7 Å².